The highest BCUT2D eigenvalue weighted by Crippen LogP contribution is 2.48. The van der Waals surface area contributed by atoms with Gasteiger partial charge in [0.15, 0.2) is 0 Å². The molecule has 0 aliphatic rings. The van der Waals surface area contributed by atoms with E-state index in [0.29, 0.717) is 0 Å². The molecule has 2 heterocycles. The van der Waals surface area contributed by atoms with Crippen molar-refractivity contribution in [3.8, 4) is 0 Å². The number of anilines is 6. The van der Waals surface area contributed by atoms with Gasteiger partial charge in [0, 0.05) is 82.7 Å². The second kappa shape index (κ2) is 15.1. The predicted molar refractivity (Wildman–Crippen MR) is 295 cm³/mol. The summed E-state index contributed by atoms with van der Waals surface area (Å²) in [5.74, 6) is 0. The van der Waals surface area contributed by atoms with E-state index < -0.39 is 0 Å². The molecule has 0 fully saturated rings. The van der Waals surface area contributed by atoms with Crippen molar-refractivity contribution in [3.05, 3.63) is 243 Å². The molecular formula is C66H40N2O2. The van der Waals surface area contributed by atoms with Crippen LogP contribution in [-0.2, 0) is 0 Å². The molecule has 15 aromatic rings. The van der Waals surface area contributed by atoms with Gasteiger partial charge < -0.3 is 18.6 Å². The number of benzene rings is 13. The second-order valence-electron chi connectivity index (χ2n) is 18.4. The summed E-state index contributed by atoms with van der Waals surface area (Å²) in [6, 6.07) is 87.5. The largest absolute Gasteiger partial charge is 0.455 e. The summed E-state index contributed by atoms with van der Waals surface area (Å²) in [6.07, 6.45) is 0. The van der Waals surface area contributed by atoms with Gasteiger partial charge in [-0.05, 0) is 123 Å². The first-order chi connectivity index (χ1) is 34.7. The molecule has 4 heteroatoms. The van der Waals surface area contributed by atoms with Gasteiger partial charge in [0.2, 0.25) is 0 Å². The minimum Gasteiger partial charge on any atom is -0.455 e. The molecule has 0 saturated carbocycles. The fourth-order valence-corrected chi connectivity index (χ4v) is 11.3. The molecule has 0 N–H and O–H groups in total. The summed E-state index contributed by atoms with van der Waals surface area (Å²) < 4.78 is 13.7. The minimum absolute atomic E-state index is 0.804. The van der Waals surface area contributed by atoms with E-state index in [0.717, 1.165) is 99.5 Å². The van der Waals surface area contributed by atoms with E-state index in [2.05, 4.69) is 252 Å². The average molecular weight is 893 g/mol. The van der Waals surface area contributed by atoms with E-state index in [1.807, 2.05) is 0 Å². The molecule has 15 rings (SSSR count). The van der Waals surface area contributed by atoms with Gasteiger partial charge in [-0.3, -0.25) is 0 Å². The Morgan fingerprint density at radius 2 is 0.557 bits per heavy atom. The molecule has 13 aromatic carbocycles. The third-order valence-electron chi connectivity index (χ3n) is 14.5. The van der Waals surface area contributed by atoms with E-state index in [1.54, 1.807) is 0 Å². The molecular weight excluding hydrogens is 853 g/mol. The van der Waals surface area contributed by atoms with Crippen molar-refractivity contribution in [2.75, 3.05) is 9.80 Å². The molecule has 0 spiro atoms. The molecule has 0 aliphatic heterocycles. The van der Waals surface area contributed by atoms with E-state index in [1.165, 1.54) is 43.1 Å². The number of hydrogen-bond acceptors (Lipinski definition) is 4. The second-order valence-corrected chi connectivity index (χ2v) is 18.4. The van der Waals surface area contributed by atoms with Crippen molar-refractivity contribution in [1.82, 2.24) is 0 Å². The van der Waals surface area contributed by atoms with Crippen molar-refractivity contribution in [3.63, 3.8) is 0 Å². The van der Waals surface area contributed by atoms with Crippen LogP contribution in [0.4, 0.5) is 34.1 Å². The van der Waals surface area contributed by atoms with Crippen LogP contribution in [0.1, 0.15) is 0 Å². The Kier molecular flexibility index (Phi) is 8.33. The fourth-order valence-electron chi connectivity index (χ4n) is 11.3. The van der Waals surface area contributed by atoms with Crippen molar-refractivity contribution < 1.29 is 8.83 Å². The standard InChI is InChI=1S/C66H40N2O2/c1-3-19-47(20-4-1)67(63-51-23-11-7-15-41(51)35-42-16-8-12-24-52(42)63)49-29-33-55-45(37-49)27-31-57-59-39-60-58-32-28-46-38-50(30-34-56(46)66(58)70-62(60)40-61(59)69-65(55)57)68(48-21-5-2-6-22-48)64-53-25-13-9-17-43(53)36-44-18-10-14-26-54(44)64/h1-40H. The lowest BCUT2D eigenvalue weighted by Gasteiger charge is -2.28. The monoisotopic (exact) mass is 892 g/mol. The zero-order valence-corrected chi connectivity index (χ0v) is 37.8. The zero-order valence-electron chi connectivity index (χ0n) is 37.8. The van der Waals surface area contributed by atoms with E-state index in [9.17, 15) is 0 Å². The molecule has 0 bridgehead atoms. The Morgan fingerprint density at radius 1 is 0.214 bits per heavy atom. The number of para-hydroxylation sites is 2. The lowest BCUT2D eigenvalue weighted by molar-refractivity contribution is 0.660. The Labute approximate surface area is 402 Å². The van der Waals surface area contributed by atoms with Gasteiger partial charge in [-0.2, -0.15) is 0 Å². The van der Waals surface area contributed by atoms with Crippen LogP contribution in [0.2, 0.25) is 0 Å². The minimum atomic E-state index is 0.804. The maximum Gasteiger partial charge on any atom is 0.143 e. The normalized spacial score (nSPS) is 12.0. The van der Waals surface area contributed by atoms with E-state index in [4.69, 9.17) is 8.83 Å². The van der Waals surface area contributed by atoms with Crippen LogP contribution in [-0.4, -0.2) is 0 Å². The van der Waals surface area contributed by atoms with Crippen LogP contribution < -0.4 is 9.80 Å². The quantitative estimate of drug-likeness (QED) is 0.156. The van der Waals surface area contributed by atoms with Gasteiger partial charge >= 0.3 is 0 Å². The van der Waals surface area contributed by atoms with Gasteiger partial charge in [-0.1, -0.05) is 146 Å². The SMILES string of the molecule is c1ccc(N(c2ccc3c(ccc4c5cc6c(cc5oc34)oc3c4ccc(N(c5ccccc5)c5c7ccccc7cc7ccccc57)cc4ccc63)c2)c2c3ccccc3cc3ccccc23)cc1. The summed E-state index contributed by atoms with van der Waals surface area (Å²) in [5, 5.41) is 18.3. The molecule has 326 valence electrons. The van der Waals surface area contributed by atoms with Gasteiger partial charge in [0.25, 0.3) is 0 Å². The van der Waals surface area contributed by atoms with Crippen LogP contribution >= 0.6 is 0 Å². The van der Waals surface area contributed by atoms with Gasteiger partial charge in [0.05, 0.1) is 11.4 Å². The zero-order chi connectivity index (χ0) is 45.9. The smallest absolute Gasteiger partial charge is 0.143 e. The third kappa shape index (κ3) is 5.84. The van der Waals surface area contributed by atoms with Gasteiger partial charge in [-0.15, -0.1) is 0 Å². The average Bonchev–Trinajstić information content (AvgIpc) is 3.98. The first-order valence-electron chi connectivity index (χ1n) is 23.9. The third-order valence-corrected chi connectivity index (χ3v) is 14.5. The molecule has 0 aliphatic carbocycles. The van der Waals surface area contributed by atoms with Crippen molar-refractivity contribution >= 4 is 143 Å². The highest BCUT2D eigenvalue weighted by atomic mass is 16.3. The highest BCUT2D eigenvalue weighted by Gasteiger charge is 2.23. The van der Waals surface area contributed by atoms with Crippen LogP contribution in [0.3, 0.4) is 0 Å². The molecule has 0 amide bonds. The van der Waals surface area contributed by atoms with Crippen molar-refractivity contribution in [1.29, 1.82) is 0 Å². The highest BCUT2D eigenvalue weighted by molar-refractivity contribution is 6.23. The van der Waals surface area contributed by atoms with Gasteiger partial charge in [-0.25, -0.2) is 0 Å². The number of rotatable bonds is 6. The maximum atomic E-state index is 6.85. The molecule has 0 unspecified atom stereocenters. The number of furan rings is 2. The summed E-state index contributed by atoms with van der Waals surface area (Å²) in [4.78, 5) is 4.81. The number of fused-ring (bicyclic) bond motifs is 14. The summed E-state index contributed by atoms with van der Waals surface area (Å²) >= 11 is 0. The Balaban J connectivity index is 0.858. The van der Waals surface area contributed by atoms with E-state index >= 15 is 0 Å². The van der Waals surface area contributed by atoms with Crippen LogP contribution in [0.5, 0.6) is 0 Å². The van der Waals surface area contributed by atoms with Crippen LogP contribution in [0.25, 0.3) is 109 Å². The summed E-state index contributed by atoms with van der Waals surface area (Å²) in [7, 11) is 0. The van der Waals surface area contributed by atoms with Crippen molar-refractivity contribution in [2.45, 2.75) is 0 Å². The number of nitrogens with zero attached hydrogens (tertiary/aromatic N) is 2. The first-order valence-corrected chi connectivity index (χ1v) is 23.9. The molecule has 0 saturated heterocycles. The van der Waals surface area contributed by atoms with E-state index in [-0.39, 0.29) is 0 Å². The topological polar surface area (TPSA) is 32.8 Å². The fraction of sp³-hybridized carbons (Fsp3) is 0. The predicted octanol–water partition coefficient (Wildman–Crippen LogP) is 19.3. The number of hydrogen-bond donors (Lipinski definition) is 0. The van der Waals surface area contributed by atoms with Crippen molar-refractivity contribution in [2.24, 2.45) is 0 Å². The Bertz CT molecular complexity index is 4210. The Hall–Kier alpha value is -9.38. The van der Waals surface area contributed by atoms with Gasteiger partial charge in [0.1, 0.15) is 22.3 Å². The molecule has 4 nitrogen and oxygen atoms in total. The summed E-state index contributed by atoms with van der Waals surface area (Å²) in [5.41, 5.74) is 10.0. The molecule has 70 heavy (non-hydrogen) atoms. The summed E-state index contributed by atoms with van der Waals surface area (Å²) in [6.45, 7) is 0. The van der Waals surface area contributed by atoms with Crippen LogP contribution in [0, 0.1) is 0 Å². The molecule has 0 radical (unpaired) electrons. The maximum absolute atomic E-state index is 6.85. The molecule has 0 atom stereocenters. The molecule has 2 aromatic heterocycles. The van der Waals surface area contributed by atoms with Crippen LogP contribution in [0.15, 0.2) is 251 Å². The lowest BCUT2D eigenvalue weighted by atomic mass is 9.98. The first kappa shape index (κ1) is 38.7. The lowest BCUT2D eigenvalue weighted by Crippen LogP contribution is -2.11. The Morgan fingerprint density at radius 3 is 0.957 bits per heavy atom.